The topological polar surface area (TPSA) is 46.6 Å². The smallest absolute Gasteiger partial charge is 0.340 e. The second kappa shape index (κ2) is 9.69. The fourth-order valence-electron chi connectivity index (χ4n) is 2.97. The van der Waals surface area contributed by atoms with Crippen LogP contribution >= 0.6 is 22.7 Å². The van der Waals surface area contributed by atoms with Gasteiger partial charge in [-0.3, -0.25) is 4.79 Å². The Bertz CT molecular complexity index is 727. The van der Waals surface area contributed by atoms with Crippen LogP contribution in [0.5, 0.6) is 0 Å². The molecule has 1 amide bonds. The number of esters is 1. The lowest BCUT2D eigenvalue weighted by Gasteiger charge is -2.24. The standard InChI is InChI=1S/C20H23NO3S2/c22-19(21-10-4-2-1-3-5-11-21)15-24-20(23)17(18-9-7-13-26-18)14-16-8-6-12-25-16/h6-9,12-14H,1-5,10-11,15H2/b17-14+. The molecule has 0 atom stereocenters. The molecule has 26 heavy (non-hydrogen) atoms. The van der Waals surface area contributed by atoms with E-state index < -0.39 is 5.97 Å². The summed E-state index contributed by atoms with van der Waals surface area (Å²) in [6.45, 7) is 1.34. The molecule has 3 rings (SSSR count). The average Bonchev–Trinajstić information content (AvgIpc) is 3.30. The van der Waals surface area contributed by atoms with Crippen LogP contribution in [0.15, 0.2) is 35.0 Å². The number of amides is 1. The van der Waals surface area contributed by atoms with Crippen molar-refractivity contribution in [1.29, 1.82) is 0 Å². The van der Waals surface area contributed by atoms with Crippen LogP contribution in [0, 0.1) is 0 Å². The fraction of sp³-hybridized carbons (Fsp3) is 0.400. The van der Waals surface area contributed by atoms with Gasteiger partial charge in [-0.25, -0.2) is 4.79 Å². The Kier molecular flexibility index (Phi) is 7.03. The molecule has 2 aromatic heterocycles. The summed E-state index contributed by atoms with van der Waals surface area (Å²) in [5, 5.41) is 3.89. The van der Waals surface area contributed by atoms with Gasteiger partial charge < -0.3 is 9.64 Å². The molecule has 3 heterocycles. The maximum Gasteiger partial charge on any atom is 0.340 e. The van der Waals surface area contributed by atoms with Crippen molar-refractivity contribution < 1.29 is 14.3 Å². The van der Waals surface area contributed by atoms with Crippen LogP contribution in [0.3, 0.4) is 0 Å². The van der Waals surface area contributed by atoms with Gasteiger partial charge in [0.15, 0.2) is 6.61 Å². The van der Waals surface area contributed by atoms with Crippen LogP contribution in [-0.2, 0) is 14.3 Å². The van der Waals surface area contributed by atoms with Crippen LogP contribution in [0.25, 0.3) is 11.6 Å². The van der Waals surface area contributed by atoms with Crippen LogP contribution in [0.4, 0.5) is 0 Å². The lowest BCUT2D eigenvalue weighted by atomic mass is 10.1. The highest BCUT2D eigenvalue weighted by Gasteiger charge is 2.20. The number of likely N-dealkylation sites (tertiary alicyclic amines) is 1. The van der Waals surface area contributed by atoms with Crippen LogP contribution < -0.4 is 0 Å². The zero-order valence-corrected chi connectivity index (χ0v) is 16.3. The van der Waals surface area contributed by atoms with Crippen molar-refractivity contribution in [3.8, 4) is 0 Å². The first kappa shape index (κ1) is 18.9. The van der Waals surface area contributed by atoms with Gasteiger partial charge >= 0.3 is 5.97 Å². The Morgan fingerprint density at radius 2 is 1.69 bits per heavy atom. The second-order valence-corrected chi connectivity index (χ2v) is 8.20. The third-order valence-corrected chi connectivity index (χ3v) is 6.09. The molecule has 0 bridgehead atoms. The Morgan fingerprint density at radius 3 is 2.35 bits per heavy atom. The molecule has 0 saturated carbocycles. The molecule has 0 spiro atoms. The summed E-state index contributed by atoms with van der Waals surface area (Å²) in [7, 11) is 0. The summed E-state index contributed by atoms with van der Waals surface area (Å²) in [4.78, 5) is 28.7. The molecule has 0 aliphatic carbocycles. The number of nitrogens with zero attached hydrogens (tertiary/aromatic N) is 1. The quantitative estimate of drug-likeness (QED) is 0.551. The van der Waals surface area contributed by atoms with E-state index in [-0.39, 0.29) is 12.5 Å². The van der Waals surface area contributed by atoms with Gasteiger partial charge in [-0.15, -0.1) is 22.7 Å². The molecule has 1 aliphatic heterocycles. The zero-order valence-electron chi connectivity index (χ0n) is 14.7. The highest BCUT2D eigenvalue weighted by Crippen LogP contribution is 2.26. The highest BCUT2D eigenvalue weighted by atomic mass is 32.1. The van der Waals surface area contributed by atoms with E-state index in [2.05, 4.69) is 0 Å². The van der Waals surface area contributed by atoms with E-state index in [1.165, 1.54) is 17.8 Å². The molecule has 2 aromatic rings. The van der Waals surface area contributed by atoms with Gasteiger partial charge in [-0.2, -0.15) is 0 Å². The van der Waals surface area contributed by atoms with Gasteiger partial charge in [-0.05, 0) is 41.8 Å². The van der Waals surface area contributed by atoms with Gasteiger partial charge in [-0.1, -0.05) is 31.4 Å². The molecule has 1 aliphatic rings. The fourth-order valence-corrected chi connectivity index (χ4v) is 4.36. The normalized spacial score (nSPS) is 16.0. The number of hydrogen-bond acceptors (Lipinski definition) is 5. The van der Waals surface area contributed by atoms with E-state index >= 15 is 0 Å². The van der Waals surface area contributed by atoms with Crippen molar-refractivity contribution in [2.24, 2.45) is 0 Å². The number of carbonyl (C=O) groups excluding carboxylic acids is 2. The largest absolute Gasteiger partial charge is 0.452 e. The maximum absolute atomic E-state index is 12.6. The summed E-state index contributed by atoms with van der Waals surface area (Å²) < 4.78 is 5.38. The first-order valence-electron chi connectivity index (χ1n) is 8.98. The summed E-state index contributed by atoms with van der Waals surface area (Å²) in [5.41, 5.74) is 0.503. The molecule has 1 saturated heterocycles. The number of thiophene rings is 2. The number of rotatable bonds is 5. The van der Waals surface area contributed by atoms with Crippen molar-refractivity contribution >= 4 is 46.2 Å². The summed E-state index contributed by atoms with van der Waals surface area (Å²) >= 11 is 3.05. The molecule has 1 fully saturated rings. The van der Waals surface area contributed by atoms with Crippen LogP contribution in [-0.4, -0.2) is 36.5 Å². The number of hydrogen-bond donors (Lipinski definition) is 0. The van der Waals surface area contributed by atoms with E-state index in [9.17, 15) is 9.59 Å². The zero-order chi connectivity index (χ0) is 18.2. The monoisotopic (exact) mass is 389 g/mol. The minimum Gasteiger partial charge on any atom is -0.452 e. The van der Waals surface area contributed by atoms with Crippen LogP contribution in [0.2, 0.25) is 0 Å². The molecule has 0 aromatic carbocycles. The van der Waals surface area contributed by atoms with E-state index in [0.29, 0.717) is 5.57 Å². The van der Waals surface area contributed by atoms with Gasteiger partial charge in [0.1, 0.15) is 0 Å². The maximum atomic E-state index is 12.6. The Morgan fingerprint density at radius 1 is 1.00 bits per heavy atom. The molecule has 4 nitrogen and oxygen atoms in total. The van der Waals surface area contributed by atoms with Crippen molar-refractivity contribution in [3.63, 3.8) is 0 Å². The van der Waals surface area contributed by atoms with Gasteiger partial charge in [0, 0.05) is 22.8 Å². The predicted molar refractivity (Wildman–Crippen MR) is 107 cm³/mol. The Labute approximate surface area is 162 Å². The summed E-state index contributed by atoms with van der Waals surface area (Å²) in [5.74, 6) is -0.539. The van der Waals surface area contributed by atoms with Crippen LogP contribution in [0.1, 0.15) is 41.9 Å². The van der Waals surface area contributed by atoms with Crippen molar-refractivity contribution in [2.75, 3.05) is 19.7 Å². The lowest BCUT2D eigenvalue weighted by Crippen LogP contribution is -2.37. The SMILES string of the molecule is O=C(OCC(=O)N1CCCCCCC1)/C(=C/c1cccs1)c1cccs1. The van der Waals surface area contributed by atoms with E-state index in [1.54, 1.807) is 11.3 Å². The second-order valence-electron chi connectivity index (χ2n) is 6.28. The van der Waals surface area contributed by atoms with E-state index in [0.717, 1.165) is 48.5 Å². The molecule has 0 radical (unpaired) electrons. The molecular formula is C20H23NO3S2. The molecule has 6 heteroatoms. The number of carbonyl (C=O) groups is 2. The molecule has 0 N–H and O–H groups in total. The third kappa shape index (κ3) is 5.29. The molecule has 138 valence electrons. The van der Waals surface area contributed by atoms with Crippen molar-refractivity contribution in [1.82, 2.24) is 4.90 Å². The van der Waals surface area contributed by atoms with Gasteiger partial charge in [0.05, 0.1) is 5.57 Å². The Hall–Kier alpha value is -1.92. The number of ether oxygens (including phenoxy) is 1. The van der Waals surface area contributed by atoms with E-state index in [4.69, 9.17) is 4.74 Å². The van der Waals surface area contributed by atoms with Crippen molar-refractivity contribution in [2.45, 2.75) is 32.1 Å². The average molecular weight is 390 g/mol. The summed E-state index contributed by atoms with van der Waals surface area (Å²) in [6.07, 6.45) is 7.45. The third-order valence-electron chi connectivity index (χ3n) is 4.37. The molecule has 0 unspecified atom stereocenters. The summed E-state index contributed by atoms with van der Waals surface area (Å²) in [6, 6.07) is 7.70. The van der Waals surface area contributed by atoms with E-state index in [1.807, 2.05) is 46.0 Å². The predicted octanol–water partition coefficient (Wildman–Crippen LogP) is 4.69. The first-order valence-corrected chi connectivity index (χ1v) is 10.7. The van der Waals surface area contributed by atoms with Gasteiger partial charge in [0.25, 0.3) is 5.91 Å². The first-order chi connectivity index (χ1) is 12.7. The van der Waals surface area contributed by atoms with Gasteiger partial charge in [0.2, 0.25) is 0 Å². The Balaban J connectivity index is 1.63. The van der Waals surface area contributed by atoms with Crippen molar-refractivity contribution in [3.05, 3.63) is 44.8 Å². The lowest BCUT2D eigenvalue weighted by molar-refractivity contribution is -0.147. The minimum absolute atomic E-state index is 0.0955. The highest BCUT2D eigenvalue weighted by molar-refractivity contribution is 7.12. The minimum atomic E-state index is -0.443. The molecular weight excluding hydrogens is 366 g/mol.